The van der Waals surface area contributed by atoms with E-state index in [4.69, 9.17) is 16.6 Å². The number of aromatic nitrogens is 2. The first-order valence-corrected chi connectivity index (χ1v) is 10.7. The Labute approximate surface area is 164 Å². The van der Waals surface area contributed by atoms with Gasteiger partial charge in [0.15, 0.2) is 10.9 Å². The fourth-order valence-corrected chi connectivity index (χ4v) is 5.40. The van der Waals surface area contributed by atoms with Gasteiger partial charge >= 0.3 is 0 Å². The van der Waals surface area contributed by atoms with Gasteiger partial charge in [-0.2, -0.15) is 0 Å². The number of hydrogen-bond acceptors (Lipinski definition) is 5. The molecule has 0 spiro atoms. The molecule has 4 rings (SSSR count). The van der Waals surface area contributed by atoms with Crippen LogP contribution in [0.15, 0.2) is 46.3 Å². The zero-order valence-corrected chi connectivity index (χ0v) is 16.4. The molecule has 1 fully saturated rings. The first-order chi connectivity index (χ1) is 12.6. The molecule has 2 heterocycles. The molecular weight excluding hydrogens is 388 g/mol. The van der Waals surface area contributed by atoms with Crippen LogP contribution in [-0.2, 0) is 0 Å². The predicted octanol–water partition coefficient (Wildman–Crippen LogP) is 5.20. The van der Waals surface area contributed by atoms with Gasteiger partial charge in [-0.25, -0.2) is 4.98 Å². The topological polar surface area (TPSA) is 52.0 Å². The molecule has 0 saturated heterocycles. The lowest BCUT2D eigenvalue weighted by molar-refractivity contribution is 0.102. The monoisotopic (exact) mass is 404 g/mol. The van der Waals surface area contributed by atoms with Gasteiger partial charge in [0.05, 0.1) is 25.9 Å². The summed E-state index contributed by atoms with van der Waals surface area (Å²) in [5.74, 6) is 0.251. The van der Waals surface area contributed by atoms with Crippen LogP contribution in [0.1, 0.15) is 41.4 Å². The standard InChI is InChI=1S/C19H17ClN2O2S2/c20-17-10-9-16(26-17)15(23)11-25-19-21-14-8-4-3-7-13(14)18(24)22(19)12-5-1-2-6-12/h3-4,7-10,12H,1-2,5-6,11H2. The van der Waals surface area contributed by atoms with Gasteiger partial charge in [-0.1, -0.05) is 48.3 Å². The molecule has 1 aliphatic carbocycles. The number of para-hydroxylation sites is 1. The summed E-state index contributed by atoms with van der Waals surface area (Å²) in [7, 11) is 0. The van der Waals surface area contributed by atoms with Gasteiger partial charge in [0.1, 0.15) is 0 Å². The molecule has 0 amide bonds. The van der Waals surface area contributed by atoms with E-state index in [1.54, 1.807) is 12.1 Å². The van der Waals surface area contributed by atoms with E-state index in [1.807, 2.05) is 28.8 Å². The summed E-state index contributed by atoms with van der Waals surface area (Å²) >= 11 is 8.54. The van der Waals surface area contributed by atoms with Crippen molar-refractivity contribution in [3.63, 3.8) is 0 Å². The molecule has 0 aliphatic heterocycles. The van der Waals surface area contributed by atoms with Crippen LogP contribution in [0.2, 0.25) is 4.34 Å². The van der Waals surface area contributed by atoms with Crippen LogP contribution in [0.3, 0.4) is 0 Å². The average Bonchev–Trinajstić information content (AvgIpc) is 3.31. The number of carbonyl (C=O) groups is 1. The molecule has 3 aromatic rings. The van der Waals surface area contributed by atoms with Gasteiger partial charge in [0, 0.05) is 6.04 Å². The maximum Gasteiger partial charge on any atom is 0.262 e. The highest BCUT2D eigenvalue weighted by molar-refractivity contribution is 7.99. The van der Waals surface area contributed by atoms with E-state index in [0.29, 0.717) is 25.3 Å². The third-order valence-corrected chi connectivity index (χ3v) is 6.87. The molecule has 0 radical (unpaired) electrons. The van der Waals surface area contributed by atoms with E-state index in [2.05, 4.69) is 0 Å². The second-order valence-electron chi connectivity index (χ2n) is 6.34. The maximum absolute atomic E-state index is 13.1. The van der Waals surface area contributed by atoms with Crippen molar-refractivity contribution in [2.75, 3.05) is 5.75 Å². The zero-order chi connectivity index (χ0) is 18.1. The number of thiophene rings is 1. The number of thioether (sulfide) groups is 1. The van der Waals surface area contributed by atoms with Crippen LogP contribution in [-0.4, -0.2) is 21.1 Å². The molecule has 4 nitrogen and oxygen atoms in total. The van der Waals surface area contributed by atoms with E-state index in [9.17, 15) is 9.59 Å². The molecule has 1 aromatic carbocycles. The quantitative estimate of drug-likeness (QED) is 0.333. The normalized spacial score (nSPS) is 15.0. The van der Waals surface area contributed by atoms with E-state index in [0.717, 1.165) is 25.7 Å². The van der Waals surface area contributed by atoms with Gasteiger partial charge in [-0.3, -0.25) is 14.2 Å². The molecule has 0 unspecified atom stereocenters. The smallest absolute Gasteiger partial charge is 0.262 e. The Morgan fingerprint density at radius 2 is 2.00 bits per heavy atom. The first-order valence-electron chi connectivity index (χ1n) is 8.56. The van der Waals surface area contributed by atoms with Crippen LogP contribution in [0.4, 0.5) is 0 Å². The molecule has 1 aliphatic rings. The Bertz CT molecular complexity index is 1020. The average molecular weight is 405 g/mol. The lowest BCUT2D eigenvalue weighted by Gasteiger charge is -2.18. The Kier molecular flexibility index (Phi) is 5.16. The van der Waals surface area contributed by atoms with Crippen LogP contribution >= 0.6 is 34.7 Å². The Morgan fingerprint density at radius 3 is 2.73 bits per heavy atom. The predicted molar refractivity (Wildman–Crippen MR) is 108 cm³/mol. The zero-order valence-electron chi connectivity index (χ0n) is 14.0. The van der Waals surface area contributed by atoms with Gasteiger partial charge in [0.25, 0.3) is 5.56 Å². The number of nitrogens with zero attached hydrogens (tertiary/aromatic N) is 2. The van der Waals surface area contributed by atoms with Gasteiger partial charge in [-0.15, -0.1) is 11.3 Å². The maximum atomic E-state index is 13.1. The molecule has 134 valence electrons. The van der Waals surface area contributed by atoms with E-state index in [1.165, 1.54) is 23.1 Å². The van der Waals surface area contributed by atoms with Crippen molar-refractivity contribution in [3.05, 3.63) is 56.0 Å². The highest BCUT2D eigenvalue weighted by Crippen LogP contribution is 2.32. The second kappa shape index (κ2) is 7.55. The minimum atomic E-state index is -0.00313. The highest BCUT2D eigenvalue weighted by atomic mass is 35.5. The van der Waals surface area contributed by atoms with E-state index in [-0.39, 0.29) is 23.1 Å². The summed E-state index contributed by atoms with van der Waals surface area (Å²) in [5.41, 5.74) is 0.678. The SMILES string of the molecule is O=C(CSc1nc2ccccc2c(=O)n1C1CCCC1)c1ccc(Cl)s1. The second-order valence-corrected chi connectivity index (χ2v) is 9.00. The number of halogens is 1. The lowest BCUT2D eigenvalue weighted by Crippen LogP contribution is -2.26. The number of ketones is 1. The van der Waals surface area contributed by atoms with Crippen molar-refractivity contribution in [2.24, 2.45) is 0 Å². The third-order valence-electron chi connectivity index (χ3n) is 4.65. The first kappa shape index (κ1) is 17.8. The lowest BCUT2D eigenvalue weighted by atomic mass is 10.2. The van der Waals surface area contributed by atoms with Gasteiger partial charge in [-0.05, 0) is 37.1 Å². The molecule has 0 bridgehead atoms. The number of benzene rings is 1. The summed E-state index contributed by atoms with van der Waals surface area (Å²) in [6.07, 6.45) is 4.23. The van der Waals surface area contributed by atoms with Gasteiger partial charge < -0.3 is 0 Å². The summed E-state index contributed by atoms with van der Waals surface area (Å²) in [6, 6.07) is 11.1. The number of carbonyl (C=O) groups excluding carboxylic acids is 1. The number of Topliss-reactive ketones (excluding diaryl/α,β-unsaturated/α-hetero) is 1. The molecule has 2 aromatic heterocycles. The van der Waals surface area contributed by atoms with Crippen LogP contribution < -0.4 is 5.56 Å². The van der Waals surface area contributed by atoms with Crippen molar-refractivity contribution in [2.45, 2.75) is 36.9 Å². The molecule has 7 heteroatoms. The van der Waals surface area contributed by atoms with Crippen molar-refractivity contribution in [3.8, 4) is 0 Å². The Hall–Kier alpha value is -1.63. The molecule has 0 N–H and O–H groups in total. The van der Waals surface area contributed by atoms with Gasteiger partial charge in [0.2, 0.25) is 0 Å². The Balaban J connectivity index is 1.69. The van der Waals surface area contributed by atoms with Crippen molar-refractivity contribution in [1.82, 2.24) is 9.55 Å². The van der Waals surface area contributed by atoms with E-state index >= 15 is 0 Å². The summed E-state index contributed by atoms with van der Waals surface area (Å²) < 4.78 is 2.42. The minimum absolute atomic E-state index is 0.00313. The summed E-state index contributed by atoms with van der Waals surface area (Å²) in [6.45, 7) is 0. The number of fused-ring (bicyclic) bond motifs is 1. The third kappa shape index (κ3) is 3.46. The Morgan fingerprint density at radius 1 is 1.23 bits per heavy atom. The fraction of sp³-hybridized carbons (Fsp3) is 0.316. The number of hydrogen-bond donors (Lipinski definition) is 0. The summed E-state index contributed by atoms with van der Waals surface area (Å²) in [4.78, 5) is 30.8. The molecule has 0 atom stereocenters. The molecule has 26 heavy (non-hydrogen) atoms. The van der Waals surface area contributed by atoms with Crippen molar-refractivity contribution in [1.29, 1.82) is 0 Å². The van der Waals surface area contributed by atoms with Crippen LogP contribution in [0.25, 0.3) is 10.9 Å². The van der Waals surface area contributed by atoms with Crippen LogP contribution in [0.5, 0.6) is 0 Å². The number of rotatable bonds is 5. The molecule has 1 saturated carbocycles. The molecular formula is C19H17ClN2O2S2. The fourth-order valence-electron chi connectivity index (χ4n) is 3.38. The van der Waals surface area contributed by atoms with Crippen LogP contribution in [0, 0.1) is 0 Å². The minimum Gasteiger partial charge on any atom is -0.292 e. The van der Waals surface area contributed by atoms with E-state index < -0.39 is 0 Å². The highest BCUT2D eigenvalue weighted by Gasteiger charge is 2.23. The van der Waals surface area contributed by atoms with Crippen molar-refractivity contribution >= 4 is 51.4 Å². The largest absolute Gasteiger partial charge is 0.292 e. The van der Waals surface area contributed by atoms with Crippen molar-refractivity contribution < 1.29 is 4.79 Å². The summed E-state index contributed by atoms with van der Waals surface area (Å²) in [5, 5.41) is 1.27.